The zero-order chi connectivity index (χ0) is 23.6. The van der Waals surface area contributed by atoms with Gasteiger partial charge in [-0.3, -0.25) is 24.3 Å². The molecule has 0 aliphatic carbocycles. The summed E-state index contributed by atoms with van der Waals surface area (Å²) in [5, 5.41) is 13.6. The Morgan fingerprint density at radius 3 is 2.52 bits per heavy atom. The zero-order valence-electron chi connectivity index (χ0n) is 17.2. The predicted octanol–water partition coefficient (Wildman–Crippen LogP) is 0.964. The van der Waals surface area contributed by atoms with E-state index in [1.165, 1.54) is 47.0 Å². The molecule has 0 bridgehead atoms. The van der Waals surface area contributed by atoms with Crippen molar-refractivity contribution in [3.63, 3.8) is 0 Å². The van der Waals surface area contributed by atoms with Gasteiger partial charge in [0.25, 0.3) is 11.2 Å². The summed E-state index contributed by atoms with van der Waals surface area (Å²) in [5.41, 5.74) is -0.223. The monoisotopic (exact) mass is 473 g/mol. The Bertz CT molecular complexity index is 1380. The van der Waals surface area contributed by atoms with Crippen molar-refractivity contribution in [2.75, 3.05) is 31.6 Å². The van der Waals surface area contributed by atoms with E-state index in [1.54, 1.807) is 0 Å². The minimum Gasteiger partial charge on any atom is -0.379 e. The maximum Gasteiger partial charge on any atom is 0.270 e. The average Bonchev–Trinajstić information content (AvgIpc) is 2.81. The number of rotatable bonds is 6. The molecule has 2 aromatic carbocycles. The second kappa shape index (κ2) is 9.05. The molecule has 1 fully saturated rings. The van der Waals surface area contributed by atoms with Gasteiger partial charge in [-0.25, -0.2) is 13.4 Å². The summed E-state index contributed by atoms with van der Waals surface area (Å²) < 4.78 is 32.9. The summed E-state index contributed by atoms with van der Waals surface area (Å²) in [6.07, 6.45) is 1.19. The van der Waals surface area contributed by atoms with Crippen LogP contribution in [-0.2, 0) is 26.1 Å². The van der Waals surface area contributed by atoms with E-state index in [1.807, 2.05) is 0 Å². The molecule has 0 radical (unpaired) electrons. The summed E-state index contributed by atoms with van der Waals surface area (Å²) in [5.74, 6) is -0.549. The van der Waals surface area contributed by atoms with Crippen LogP contribution in [0.15, 0.2) is 58.5 Å². The van der Waals surface area contributed by atoms with Gasteiger partial charge in [0.1, 0.15) is 6.54 Å². The summed E-state index contributed by atoms with van der Waals surface area (Å²) in [6.45, 7) is 0.850. The lowest BCUT2D eigenvalue weighted by atomic mass is 10.2. The van der Waals surface area contributed by atoms with Crippen LogP contribution in [0.3, 0.4) is 0 Å². The van der Waals surface area contributed by atoms with E-state index in [9.17, 15) is 28.1 Å². The van der Waals surface area contributed by atoms with E-state index >= 15 is 0 Å². The van der Waals surface area contributed by atoms with Gasteiger partial charge in [0.2, 0.25) is 15.9 Å². The quantitative estimate of drug-likeness (QED) is 0.410. The fourth-order valence-electron chi connectivity index (χ4n) is 3.37. The molecule has 1 saturated heterocycles. The van der Waals surface area contributed by atoms with E-state index in [0.29, 0.717) is 18.9 Å². The lowest BCUT2D eigenvalue weighted by Gasteiger charge is -2.26. The van der Waals surface area contributed by atoms with Crippen LogP contribution in [0, 0.1) is 10.1 Å². The van der Waals surface area contributed by atoms with Crippen molar-refractivity contribution >= 4 is 38.2 Å². The second-order valence-corrected chi connectivity index (χ2v) is 9.16. The molecule has 0 saturated carbocycles. The molecule has 2 heterocycles. The van der Waals surface area contributed by atoms with Crippen molar-refractivity contribution in [2.45, 2.75) is 11.4 Å². The van der Waals surface area contributed by atoms with Crippen molar-refractivity contribution in [3.05, 3.63) is 69.3 Å². The molecular formula is C20H19N5O7S. The average molecular weight is 473 g/mol. The maximum atomic E-state index is 12.7. The first-order valence-electron chi connectivity index (χ1n) is 9.87. The van der Waals surface area contributed by atoms with Crippen LogP contribution in [0.5, 0.6) is 0 Å². The number of ether oxygens (including phenoxy) is 1. The SMILES string of the molecule is O=C(Cn1cnc2ccc([N+](=O)[O-])cc2c1=O)Nc1ccc(S(=O)(=O)N2CCOCC2)cc1. The molecule has 3 aromatic rings. The highest BCUT2D eigenvalue weighted by atomic mass is 32.2. The minimum absolute atomic E-state index is 0.0252. The lowest BCUT2D eigenvalue weighted by Crippen LogP contribution is -2.40. The summed E-state index contributed by atoms with van der Waals surface area (Å²) in [7, 11) is -3.65. The Morgan fingerprint density at radius 2 is 1.85 bits per heavy atom. The number of nitro benzene ring substituents is 1. The van der Waals surface area contributed by atoms with Crippen molar-refractivity contribution in [2.24, 2.45) is 0 Å². The molecule has 1 aliphatic rings. The Morgan fingerprint density at radius 1 is 1.15 bits per heavy atom. The molecule has 0 spiro atoms. The summed E-state index contributed by atoms with van der Waals surface area (Å²) in [6, 6.07) is 9.42. The number of carbonyl (C=O) groups excluding carboxylic acids is 1. The van der Waals surface area contributed by atoms with Gasteiger partial charge in [-0.2, -0.15) is 4.31 Å². The number of benzene rings is 2. The fraction of sp³-hybridized carbons (Fsp3) is 0.250. The molecule has 1 N–H and O–H groups in total. The van der Waals surface area contributed by atoms with E-state index < -0.39 is 26.4 Å². The molecular weight excluding hydrogens is 454 g/mol. The Kier molecular flexibility index (Phi) is 6.18. The van der Waals surface area contributed by atoms with Gasteiger partial charge in [-0.05, 0) is 30.3 Å². The number of sulfonamides is 1. The standard InChI is InChI=1S/C20H19N5O7S/c26-19(12-23-13-21-18-6-3-15(25(28)29)11-17(18)20(23)27)22-14-1-4-16(5-2-14)33(30,31)24-7-9-32-10-8-24/h1-6,11,13H,7-10,12H2,(H,22,26). The number of anilines is 1. The third-order valence-electron chi connectivity index (χ3n) is 5.08. The van der Waals surface area contributed by atoms with Crippen LogP contribution in [0.2, 0.25) is 0 Å². The number of amides is 1. The number of aromatic nitrogens is 2. The molecule has 1 amide bonds. The van der Waals surface area contributed by atoms with Gasteiger partial charge in [0, 0.05) is 30.9 Å². The Labute approximate surface area is 187 Å². The normalized spacial score (nSPS) is 14.8. The van der Waals surface area contributed by atoms with Crippen LogP contribution >= 0.6 is 0 Å². The van der Waals surface area contributed by atoms with Crippen LogP contribution < -0.4 is 10.9 Å². The van der Waals surface area contributed by atoms with E-state index in [4.69, 9.17) is 4.74 Å². The molecule has 172 valence electrons. The van der Waals surface area contributed by atoms with Crippen LogP contribution in [0.25, 0.3) is 10.9 Å². The topological polar surface area (TPSA) is 154 Å². The predicted molar refractivity (Wildman–Crippen MR) is 117 cm³/mol. The third-order valence-corrected chi connectivity index (χ3v) is 6.99. The molecule has 0 unspecified atom stereocenters. The first-order valence-corrected chi connectivity index (χ1v) is 11.3. The number of carbonyl (C=O) groups is 1. The van der Waals surface area contributed by atoms with Crippen molar-refractivity contribution in [1.82, 2.24) is 13.9 Å². The number of nitrogens with zero attached hydrogens (tertiary/aromatic N) is 4. The molecule has 13 heteroatoms. The van der Waals surface area contributed by atoms with Crippen LogP contribution in [-0.4, -0.2) is 59.4 Å². The van der Waals surface area contributed by atoms with E-state index in [-0.39, 0.29) is 41.1 Å². The number of hydrogen-bond donors (Lipinski definition) is 1. The number of nitro groups is 1. The van der Waals surface area contributed by atoms with Crippen LogP contribution in [0.4, 0.5) is 11.4 Å². The lowest BCUT2D eigenvalue weighted by molar-refractivity contribution is -0.384. The number of fused-ring (bicyclic) bond motifs is 1. The number of morpholine rings is 1. The number of hydrogen-bond acceptors (Lipinski definition) is 8. The molecule has 0 atom stereocenters. The van der Waals surface area contributed by atoms with Gasteiger partial charge in [0.05, 0.1) is 40.3 Å². The van der Waals surface area contributed by atoms with Gasteiger partial charge in [-0.15, -0.1) is 0 Å². The van der Waals surface area contributed by atoms with Crippen molar-refractivity contribution in [3.8, 4) is 0 Å². The highest BCUT2D eigenvalue weighted by Crippen LogP contribution is 2.20. The van der Waals surface area contributed by atoms with Gasteiger partial charge < -0.3 is 10.1 Å². The first kappa shape index (κ1) is 22.5. The molecule has 12 nitrogen and oxygen atoms in total. The molecule has 4 rings (SSSR count). The minimum atomic E-state index is -3.65. The summed E-state index contributed by atoms with van der Waals surface area (Å²) >= 11 is 0. The summed E-state index contributed by atoms with van der Waals surface area (Å²) in [4.78, 5) is 39.6. The van der Waals surface area contributed by atoms with Gasteiger partial charge >= 0.3 is 0 Å². The highest BCUT2D eigenvalue weighted by molar-refractivity contribution is 7.89. The molecule has 33 heavy (non-hydrogen) atoms. The first-order chi connectivity index (χ1) is 15.8. The Balaban J connectivity index is 1.48. The van der Waals surface area contributed by atoms with E-state index in [0.717, 1.165) is 10.6 Å². The fourth-order valence-corrected chi connectivity index (χ4v) is 4.78. The Hall–Kier alpha value is -3.68. The van der Waals surface area contributed by atoms with E-state index in [2.05, 4.69) is 10.3 Å². The van der Waals surface area contributed by atoms with Gasteiger partial charge in [0.15, 0.2) is 0 Å². The molecule has 1 aromatic heterocycles. The second-order valence-electron chi connectivity index (χ2n) is 7.23. The van der Waals surface area contributed by atoms with Crippen LogP contribution in [0.1, 0.15) is 0 Å². The van der Waals surface area contributed by atoms with Crippen molar-refractivity contribution in [1.29, 1.82) is 0 Å². The maximum absolute atomic E-state index is 12.7. The largest absolute Gasteiger partial charge is 0.379 e. The smallest absolute Gasteiger partial charge is 0.270 e. The van der Waals surface area contributed by atoms with Gasteiger partial charge in [-0.1, -0.05) is 0 Å². The highest BCUT2D eigenvalue weighted by Gasteiger charge is 2.26. The zero-order valence-corrected chi connectivity index (χ0v) is 18.0. The third kappa shape index (κ3) is 4.74. The number of nitrogens with one attached hydrogen (secondary N) is 1. The number of non-ortho nitro benzene ring substituents is 1. The van der Waals surface area contributed by atoms with Crippen molar-refractivity contribution < 1.29 is 22.9 Å². The molecule has 1 aliphatic heterocycles.